The van der Waals surface area contributed by atoms with Gasteiger partial charge in [-0.1, -0.05) is 0 Å². The number of hydrogen-bond donors (Lipinski definition) is 1. The monoisotopic (exact) mass is 365 g/mol. The Morgan fingerprint density at radius 3 is 2.60 bits per heavy atom. The third-order valence-electron chi connectivity index (χ3n) is 3.37. The molecule has 0 spiro atoms. The van der Waals surface area contributed by atoms with Crippen molar-refractivity contribution in [2.75, 3.05) is 12.3 Å². The van der Waals surface area contributed by atoms with Crippen LogP contribution in [0.1, 0.15) is 10.4 Å². The number of halogens is 1. The molecule has 0 fully saturated rings. The molecule has 0 aliphatic rings. The lowest BCUT2D eigenvalue weighted by molar-refractivity contribution is 0.0492. The molecule has 0 atom stereocenters. The van der Waals surface area contributed by atoms with Gasteiger partial charge in [0.25, 0.3) is 0 Å². The highest BCUT2D eigenvalue weighted by Crippen LogP contribution is 2.15. The van der Waals surface area contributed by atoms with Crippen LogP contribution in [0.5, 0.6) is 0 Å². The number of nitrogens with zero attached hydrogens (tertiary/aromatic N) is 4. The zero-order valence-electron chi connectivity index (χ0n) is 12.7. The molecule has 1 aromatic carbocycles. The summed E-state index contributed by atoms with van der Waals surface area (Å²) in [6, 6.07) is 4.34. The fourth-order valence-electron chi connectivity index (χ4n) is 2.14. The minimum absolute atomic E-state index is 0.0252. The van der Waals surface area contributed by atoms with E-state index in [9.17, 15) is 17.1 Å². The van der Waals surface area contributed by atoms with Gasteiger partial charge in [0.2, 0.25) is 0 Å². The van der Waals surface area contributed by atoms with Gasteiger partial charge < -0.3 is 15.0 Å². The predicted octanol–water partition coefficient (Wildman–Crippen LogP) is 0.924. The molecule has 0 saturated carbocycles. The van der Waals surface area contributed by atoms with Crippen molar-refractivity contribution in [3.8, 4) is 0 Å². The Labute approximate surface area is 141 Å². The molecule has 2 N–H and O–H groups in total. The number of carbonyl (C=O) groups excluding carboxylic acids is 1. The van der Waals surface area contributed by atoms with Crippen molar-refractivity contribution in [3.05, 3.63) is 42.5 Å². The molecule has 0 bridgehead atoms. The molecule has 0 unspecified atom stereocenters. The van der Waals surface area contributed by atoms with Gasteiger partial charge in [0, 0.05) is 0 Å². The summed E-state index contributed by atoms with van der Waals surface area (Å²) in [5.74, 6) is -0.412. The molecule has 25 heavy (non-hydrogen) atoms. The van der Waals surface area contributed by atoms with Gasteiger partial charge in [-0.25, -0.2) is 19.7 Å². The Morgan fingerprint density at radius 1 is 1.20 bits per heavy atom. The maximum absolute atomic E-state index is 12.8. The first kappa shape index (κ1) is 16.8. The van der Waals surface area contributed by atoms with Crippen LogP contribution in [-0.2, 0) is 21.5 Å². The summed E-state index contributed by atoms with van der Waals surface area (Å²) in [5, 5.41) is 0. The third kappa shape index (κ3) is 3.55. The van der Waals surface area contributed by atoms with Crippen LogP contribution in [0, 0.1) is 0 Å². The Balaban J connectivity index is 1.63. The Bertz CT molecular complexity index is 1030. The maximum atomic E-state index is 12.8. The highest BCUT2D eigenvalue weighted by molar-refractivity contribution is 7.86. The highest BCUT2D eigenvalue weighted by Gasteiger charge is 2.14. The first-order chi connectivity index (χ1) is 11.9. The van der Waals surface area contributed by atoms with Gasteiger partial charge in [-0.3, -0.25) is 0 Å². The van der Waals surface area contributed by atoms with E-state index in [4.69, 9.17) is 10.5 Å². The molecular weight excluding hydrogens is 353 g/mol. The zero-order valence-corrected chi connectivity index (χ0v) is 13.5. The number of aromatic nitrogens is 4. The van der Waals surface area contributed by atoms with Gasteiger partial charge >= 0.3 is 16.2 Å². The van der Waals surface area contributed by atoms with E-state index in [0.29, 0.717) is 11.2 Å². The van der Waals surface area contributed by atoms with Crippen molar-refractivity contribution < 1.29 is 21.8 Å². The number of nitrogens with two attached hydrogens (primary N) is 1. The number of esters is 1. The smallest absolute Gasteiger partial charge is 0.338 e. The van der Waals surface area contributed by atoms with Crippen molar-refractivity contribution in [1.82, 2.24) is 19.5 Å². The lowest BCUT2D eigenvalue weighted by Gasteiger charge is -2.06. The van der Waals surface area contributed by atoms with E-state index in [-0.39, 0.29) is 24.5 Å². The highest BCUT2D eigenvalue weighted by atomic mass is 32.3. The summed E-state index contributed by atoms with van der Waals surface area (Å²) in [4.78, 5) is 23.4. The number of benzene rings is 1. The first-order valence-corrected chi connectivity index (χ1v) is 8.38. The number of rotatable bonds is 5. The van der Waals surface area contributed by atoms with Gasteiger partial charge in [-0.15, -0.1) is 3.89 Å². The molecule has 11 heteroatoms. The molecule has 0 radical (unpaired) electrons. The summed E-state index contributed by atoms with van der Waals surface area (Å²) in [5.41, 5.74) is 6.76. The van der Waals surface area contributed by atoms with Crippen LogP contribution >= 0.6 is 0 Å². The van der Waals surface area contributed by atoms with Crippen molar-refractivity contribution in [3.63, 3.8) is 0 Å². The predicted molar refractivity (Wildman–Crippen MR) is 84.8 cm³/mol. The van der Waals surface area contributed by atoms with Gasteiger partial charge in [-0.05, 0) is 24.3 Å². The van der Waals surface area contributed by atoms with Crippen LogP contribution in [-0.4, -0.2) is 40.5 Å². The van der Waals surface area contributed by atoms with Gasteiger partial charge in [0.05, 0.1) is 23.3 Å². The van der Waals surface area contributed by atoms with Crippen molar-refractivity contribution in [2.45, 2.75) is 11.4 Å². The fourth-order valence-corrected chi connectivity index (χ4v) is 2.60. The molecule has 0 saturated heterocycles. The number of imidazole rings is 1. The van der Waals surface area contributed by atoms with E-state index in [2.05, 4.69) is 15.0 Å². The Hall–Kier alpha value is -3.08. The van der Waals surface area contributed by atoms with Gasteiger partial charge in [-0.2, -0.15) is 8.42 Å². The van der Waals surface area contributed by atoms with Crippen LogP contribution in [0.4, 0.5) is 9.70 Å². The molecule has 130 valence electrons. The van der Waals surface area contributed by atoms with E-state index in [1.54, 1.807) is 4.57 Å². The summed E-state index contributed by atoms with van der Waals surface area (Å²) in [7, 11) is -4.80. The lowest BCUT2D eigenvalue weighted by atomic mass is 10.2. The number of nitrogen functional groups attached to an aromatic ring is 1. The second kappa shape index (κ2) is 6.43. The summed E-state index contributed by atoms with van der Waals surface area (Å²) in [6.07, 6.45) is 2.81. The van der Waals surface area contributed by atoms with E-state index in [1.165, 1.54) is 24.8 Å². The minimum atomic E-state index is -4.80. The van der Waals surface area contributed by atoms with Crippen LogP contribution < -0.4 is 5.73 Å². The zero-order chi connectivity index (χ0) is 18.0. The minimum Gasteiger partial charge on any atom is -0.460 e. The largest absolute Gasteiger partial charge is 0.460 e. The molecule has 3 aromatic rings. The molecule has 2 aromatic heterocycles. The number of anilines is 1. The summed E-state index contributed by atoms with van der Waals surface area (Å²) >= 11 is 0. The topological polar surface area (TPSA) is 130 Å². The lowest BCUT2D eigenvalue weighted by Crippen LogP contribution is -2.11. The normalized spacial score (nSPS) is 11.6. The molecule has 3 rings (SSSR count). The molecule has 0 aliphatic heterocycles. The van der Waals surface area contributed by atoms with Crippen molar-refractivity contribution in [1.29, 1.82) is 0 Å². The average Bonchev–Trinajstić information content (AvgIpc) is 2.99. The van der Waals surface area contributed by atoms with Crippen LogP contribution in [0.3, 0.4) is 0 Å². The standard InChI is InChI=1S/C14H12FN5O4S/c15-25(22,23)10-3-1-9(2-4-10)14(21)24-6-5-20-8-19-11-12(16)17-7-18-13(11)20/h1-4,7-8H,5-6H2,(H2,16,17,18). The van der Waals surface area contributed by atoms with Crippen molar-refractivity contribution >= 4 is 33.2 Å². The summed E-state index contributed by atoms with van der Waals surface area (Å²) in [6.45, 7) is 0.312. The van der Waals surface area contributed by atoms with Crippen LogP contribution in [0.25, 0.3) is 11.2 Å². The molecular formula is C14H12FN5O4S. The Morgan fingerprint density at radius 2 is 1.92 bits per heavy atom. The fraction of sp³-hybridized carbons (Fsp3) is 0.143. The number of carbonyl (C=O) groups is 1. The third-order valence-corrected chi connectivity index (χ3v) is 4.20. The Kier molecular flexibility index (Phi) is 4.31. The maximum Gasteiger partial charge on any atom is 0.338 e. The number of hydrogen-bond acceptors (Lipinski definition) is 8. The quantitative estimate of drug-likeness (QED) is 0.522. The second-order valence-electron chi connectivity index (χ2n) is 4.97. The van der Waals surface area contributed by atoms with E-state index in [1.807, 2.05) is 0 Å². The first-order valence-electron chi connectivity index (χ1n) is 6.99. The molecule has 2 heterocycles. The van der Waals surface area contributed by atoms with Crippen LogP contribution in [0.15, 0.2) is 41.8 Å². The summed E-state index contributed by atoms with van der Waals surface area (Å²) < 4.78 is 41.0. The van der Waals surface area contributed by atoms with E-state index >= 15 is 0 Å². The van der Waals surface area contributed by atoms with Crippen LogP contribution in [0.2, 0.25) is 0 Å². The molecule has 9 nitrogen and oxygen atoms in total. The molecule has 0 aliphatic carbocycles. The SMILES string of the molecule is Nc1ncnc2c1ncn2CCOC(=O)c1ccc(S(=O)(=O)F)cc1. The number of fused-ring (bicyclic) bond motifs is 1. The van der Waals surface area contributed by atoms with Crippen molar-refractivity contribution in [2.24, 2.45) is 0 Å². The van der Waals surface area contributed by atoms with E-state index in [0.717, 1.165) is 12.1 Å². The number of ether oxygens (including phenoxy) is 1. The average molecular weight is 365 g/mol. The second-order valence-corrected chi connectivity index (χ2v) is 6.31. The van der Waals surface area contributed by atoms with E-state index < -0.39 is 21.1 Å². The van der Waals surface area contributed by atoms with Gasteiger partial charge in [0.1, 0.15) is 18.5 Å². The van der Waals surface area contributed by atoms with Gasteiger partial charge in [0.15, 0.2) is 11.5 Å². The molecule has 0 amide bonds.